The second kappa shape index (κ2) is 10.2. The second-order valence-corrected chi connectivity index (χ2v) is 5.62. The Hall–Kier alpha value is -1.62. The molecule has 1 aromatic heterocycles. The Balaban J connectivity index is 0.000000486. The van der Waals surface area contributed by atoms with Crippen molar-refractivity contribution in [2.24, 2.45) is 16.5 Å². The van der Waals surface area contributed by atoms with Gasteiger partial charge in [-0.15, -0.1) is 0 Å². The lowest BCUT2D eigenvalue weighted by atomic mass is 10.5. The third-order valence-electron chi connectivity index (χ3n) is 1.49. The summed E-state index contributed by atoms with van der Waals surface area (Å²) in [7, 11) is 3.31. The quantitative estimate of drug-likeness (QED) is 0.323. The molecule has 0 aliphatic heterocycles. The summed E-state index contributed by atoms with van der Waals surface area (Å²) in [6.07, 6.45) is -3.31. The van der Waals surface area contributed by atoms with E-state index in [0.717, 1.165) is 10.8 Å². The summed E-state index contributed by atoms with van der Waals surface area (Å²) in [6.45, 7) is 0.646. The Morgan fingerprint density at radius 2 is 2.00 bits per heavy atom. The van der Waals surface area contributed by atoms with E-state index in [1.54, 1.807) is 27.8 Å². The first-order valence-corrected chi connectivity index (χ1v) is 7.61. The normalized spacial score (nSPS) is 10.2. The molecule has 0 atom stereocenters. The van der Waals surface area contributed by atoms with Crippen molar-refractivity contribution in [3.8, 4) is 0 Å². The highest BCUT2D eigenvalue weighted by Crippen LogP contribution is 2.28. The van der Waals surface area contributed by atoms with E-state index in [9.17, 15) is 13.2 Å². The molecule has 1 aromatic rings. The van der Waals surface area contributed by atoms with Crippen molar-refractivity contribution in [1.82, 2.24) is 4.98 Å². The van der Waals surface area contributed by atoms with Gasteiger partial charge < -0.3 is 16.6 Å². The van der Waals surface area contributed by atoms with E-state index in [0.29, 0.717) is 6.54 Å². The van der Waals surface area contributed by atoms with Crippen molar-refractivity contribution < 1.29 is 23.1 Å². The molecule has 5 N–H and O–H groups in total. The van der Waals surface area contributed by atoms with E-state index in [1.165, 1.54) is 0 Å². The predicted molar refractivity (Wildman–Crippen MR) is 76.9 cm³/mol. The van der Waals surface area contributed by atoms with Crippen LogP contribution in [0.15, 0.2) is 34.4 Å². The average molecular weight is 342 g/mol. The lowest BCUT2D eigenvalue weighted by Crippen LogP contribution is -2.23. The van der Waals surface area contributed by atoms with Crippen LogP contribution >= 0.6 is 21.6 Å². The number of guanidine groups is 1. The largest absolute Gasteiger partial charge is 0.490 e. The molecule has 0 saturated carbocycles. The average Bonchev–Trinajstić information content (AvgIpc) is 2.39. The van der Waals surface area contributed by atoms with Gasteiger partial charge in [-0.1, -0.05) is 16.9 Å². The van der Waals surface area contributed by atoms with Crippen LogP contribution in [0.4, 0.5) is 13.2 Å². The summed E-state index contributed by atoms with van der Waals surface area (Å²) < 4.78 is 31.7. The van der Waals surface area contributed by atoms with E-state index in [4.69, 9.17) is 21.4 Å². The van der Waals surface area contributed by atoms with Gasteiger partial charge in [-0.25, -0.2) is 9.78 Å². The van der Waals surface area contributed by atoms with Crippen LogP contribution < -0.4 is 11.5 Å². The molecule has 0 aliphatic carbocycles. The number of aliphatic imine (C=N–C) groups is 1. The molecule has 21 heavy (non-hydrogen) atoms. The Kier molecular flexibility index (Phi) is 9.37. The molecule has 0 unspecified atom stereocenters. The van der Waals surface area contributed by atoms with Gasteiger partial charge >= 0.3 is 12.1 Å². The zero-order chi connectivity index (χ0) is 16.3. The summed E-state index contributed by atoms with van der Waals surface area (Å²) in [5, 5.41) is 8.13. The summed E-state index contributed by atoms with van der Waals surface area (Å²) in [5.41, 5.74) is 10.4. The molecule has 0 bridgehead atoms. The number of hydrogen-bond donors (Lipinski definition) is 3. The maximum atomic E-state index is 10.6. The van der Waals surface area contributed by atoms with E-state index in [-0.39, 0.29) is 5.96 Å². The first-order chi connectivity index (χ1) is 9.73. The highest BCUT2D eigenvalue weighted by Gasteiger charge is 2.38. The number of carboxylic acid groups (broad SMARTS) is 1. The molecular formula is C10H13F3N4O2S2. The predicted octanol–water partition coefficient (Wildman–Crippen LogP) is 1.73. The number of nitrogens with zero attached hydrogens (tertiary/aromatic N) is 2. The summed E-state index contributed by atoms with van der Waals surface area (Å²) in [5.74, 6) is -1.74. The SMILES string of the molecule is NC(N)=NCCSSc1ccccn1.O=C(O)C(F)(F)F. The van der Waals surface area contributed by atoms with Crippen molar-refractivity contribution in [3.05, 3.63) is 24.4 Å². The van der Waals surface area contributed by atoms with Crippen LogP contribution in [0.1, 0.15) is 0 Å². The molecule has 0 fully saturated rings. The van der Waals surface area contributed by atoms with Gasteiger partial charge in [-0.05, 0) is 22.9 Å². The first-order valence-electron chi connectivity index (χ1n) is 5.29. The number of halogens is 3. The van der Waals surface area contributed by atoms with E-state index >= 15 is 0 Å². The number of carbonyl (C=O) groups is 1. The van der Waals surface area contributed by atoms with Crippen molar-refractivity contribution in [2.45, 2.75) is 11.2 Å². The number of aromatic nitrogens is 1. The van der Waals surface area contributed by atoms with Crippen molar-refractivity contribution in [2.75, 3.05) is 12.3 Å². The van der Waals surface area contributed by atoms with Crippen molar-refractivity contribution in [1.29, 1.82) is 0 Å². The molecular weight excluding hydrogens is 329 g/mol. The standard InChI is InChI=1S/C8H12N4S2.C2HF3O2/c9-8(10)12-5-6-13-14-7-3-1-2-4-11-7;3-2(4,5)1(6)7/h1-4H,5-6H2,(H4,9,10,12);(H,6,7). The molecule has 6 nitrogen and oxygen atoms in total. The summed E-state index contributed by atoms with van der Waals surface area (Å²) in [4.78, 5) is 16.9. The molecule has 118 valence electrons. The minimum atomic E-state index is -5.08. The molecule has 0 saturated heterocycles. The van der Waals surface area contributed by atoms with Gasteiger partial charge in [0.1, 0.15) is 5.03 Å². The maximum absolute atomic E-state index is 10.6. The fourth-order valence-corrected chi connectivity index (χ4v) is 2.45. The lowest BCUT2D eigenvalue weighted by Gasteiger charge is -1.97. The molecule has 0 aliphatic rings. The topological polar surface area (TPSA) is 115 Å². The Bertz CT molecular complexity index is 453. The molecule has 11 heteroatoms. The highest BCUT2D eigenvalue weighted by atomic mass is 33.1. The number of carboxylic acids is 1. The van der Waals surface area contributed by atoms with Crippen LogP contribution in [-0.2, 0) is 4.79 Å². The summed E-state index contributed by atoms with van der Waals surface area (Å²) in [6, 6.07) is 5.83. The minimum Gasteiger partial charge on any atom is -0.475 e. The van der Waals surface area contributed by atoms with Crippen LogP contribution in [0.5, 0.6) is 0 Å². The van der Waals surface area contributed by atoms with Crippen LogP contribution in [-0.4, -0.2) is 40.5 Å². The Morgan fingerprint density at radius 1 is 1.38 bits per heavy atom. The number of rotatable bonds is 5. The number of aliphatic carboxylic acids is 1. The van der Waals surface area contributed by atoms with Crippen LogP contribution in [0, 0.1) is 0 Å². The molecule has 0 amide bonds. The first kappa shape index (κ1) is 19.4. The molecule has 1 rings (SSSR count). The highest BCUT2D eigenvalue weighted by molar-refractivity contribution is 8.76. The fourth-order valence-electron chi connectivity index (χ4n) is 0.710. The number of pyridine rings is 1. The monoisotopic (exact) mass is 342 g/mol. The van der Waals surface area contributed by atoms with E-state index in [2.05, 4.69) is 9.98 Å². The number of alkyl halides is 3. The molecule has 1 heterocycles. The van der Waals surface area contributed by atoms with Crippen LogP contribution in [0.2, 0.25) is 0 Å². The van der Waals surface area contributed by atoms with Crippen LogP contribution in [0.3, 0.4) is 0 Å². The Morgan fingerprint density at radius 3 is 2.43 bits per heavy atom. The smallest absolute Gasteiger partial charge is 0.475 e. The summed E-state index contributed by atoms with van der Waals surface area (Å²) >= 11 is 0. The molecule has 0 aromatic carbocycles. The Labute approximate surface area is 126 Å². The van der Waals surface area contributed by atoms with E-state index in [1.807, 2.05) is 18.2 Å². The third-order valence-corrected chi connectivity index (χ3v) is 3.74. The van der Waals surface area contributed by atoms with Gasteiger partial charge in [-0.2, -0.15) is 13.2 Å². The van der Waals surface area contributed by atoms with E-state index < -0.39 is 12.1 Å². The maximum Gasteiger partial charge on any atom is 0.490 e. The molecule has 0 radical (unpaired) electrons. The molecule has 0 spiro atoms. The second-order valence-electron chi connectivity index (χ2n) is 3.18. The van der Waals surface area contributed by atoms with Crippen LogP contribution in [0.25, 0.3) is 0 Å². The zero-order valence-corrected chi connectivity index (χ0v) is 12.2. The van der Waals surface area contributed by atoms with Crippen molar-refractivity contribution >= 4 is 33.5 Å². The fraction of sp³-hybridized carbons (Fsp3) is 0.300. The van der Waals surface area contributed by atoms with Gasteiger partial charge in [0.2, 0.25) is 0 Å². The minimum absolute atomic E-state index is 0.147. The van der Waals surface area contributed by atoms with Crippen molar-refractivity contribution in [3.63, 3.8) is 0 Å². The van der Waals surface area contributed by atoms with Gasteiger partial charge in [0.15, 0.2) is 5.96 Å². The third kappa shape index (κ3) is 11.9. The number of nitrogens with two attached hydrogens (primary N) is 2. The van der Waals surface area contributed by atoms with Gasteiger partial charge in [-0.3, -0.25) is 4.99 Å². The van der Waals surface area contributed by atoms with Gasteiger partial charge in [0.25, 0.3) is 0 Å². The number of hydrogen-bond acceptors (Lipinski definition) is 5. The van der Waals surface area contributed by atoms with Gasteiger partial charge in [0.05, 0.1) is 6.54 Å². The zero-order valence-electron chi connectivity index (χ0n) is 10.6. The van der Waals surface area contributed by atoms with Gasteiger partial charge in [0, 0.05) is 11.9 Å². The lowest BCUT2D eigenvalue weighted by molar-refractivity contribution is -0.192.